The predicted octanol–water partition coefficient (Wildman–Crippen LogP) is 22.2. The lowest BCUT2D eigenvalue weighted by atomic mass is 9.96. The zero-order valence-electron chi connectivity index (χ0n) is 53.4. The first-order valence-electron chi connectivity index (χ1n) is 32.6. The van der Waals surface area contributed by atoms with Gasteiger partial charge in [-0.25, -0.2) is 29.9 Å². The number of fused-ring (bicyclic) bond motifs is 6. The summed E-state index contributed by atoms with van der Waals surface area (Å²) in [4.78, 5) is 31.7. The summed E-state index contributed by atoms with van der Waals surface area (Å²) in [5.74, 6) is 3.53. The van der Waals surface area contributed by atoms with Crippen molar-refractivity contribution < 1.29 is 0 Å². The molecule has 0 fully saturated rings. The van der Waals surface area contributed by atoms with Crippen molar-refractivity contribution in [2.45, 2.75) is 27.7 Å². The maximum atomic E-state index is 5.37. The van der Waals surface area contributed by atoms with Crippen LogP contribution in [0, 0.1) is 27.7 Å². The van der Waals surface area contributed by atoms with Gasteiger partial charge in [-0.15, -0.1) is 0 Å². The smallest absolute Gasteiger partial charge is 0.166 e. The Labute approximate surface area is 556 Å². The summed E-state index contributed by atoms with van der Waals surface area (Å²) in [5, 5.41) is 4.61. The lowest BCUT2D eigenvalue weighted by Crippen LogP contribution is -2.04. The van der Waals surface area contributed by atoms with Crippen molar-refractivity contribution >= 4 is 43.6 Å². The minimum Gasteiger partial charge on any atom is -0.308 e. The standard InChI is InChI=1S/C88H62N8/c1-55-44-56(2)47-69(46-55)65-38-42-79-75(51-65)71-32-17-19-34-77(71)95(79)81-53-67(36-40-73(81)87-91-83(59-22-9-5-10-23-59)89-84(92-87)60-24-11-6-12-25-60)63-30-21-31-64(50-63)68-37-41-74(88-93-85(61-26-13-7-14-27-61)90-86(94-88)62-28-15-8-16-29-62)82(54-68)96-78-35-20-18-33-72(78)76-52-66(39-43-80(76)96)70-48-57(3)45-58(4)49-70/h5-54H,1-4H3. The topological polar surface area (TPSA) is 87.2 Å². The van der Waals surface area contributed by atoms with Crippen LogP contribution in [-0.4, -0.2) is 39.0 Å². The van der Waals surface area contributed by atoms with Crippen LogP contribution in [0.25, 0.3) is 168 Å². The Hall–Kier alpha value is -12.5. The molecule has 454 valence electrons. The Morgan fingerprint density at radius 2 is 0.469 bits per heavy atom. The van der Waals surface area contributed by atoms with E-state index >= 15 is 0 Å². The summed E-state index contributed by atoms with van der Waals surface area (Å²) >= 11 is 0. The van der Waals surface area contributed by atoms with Crippen LogP contribution >= 0.6 is 0 Å². The highest BCUT2D eigenvalue weighted by Gasteiger charge is 2.24. The molecule has 0 aliphatic carbocycles. The number of nitrogens with zero attached hydrogens (tertiary/aromatic N) is 8. The molecule has 0 N–H and O–H groups in total. The van der Waals surface area contributed by atoms with Crippen molar-refractivity contribution in [3.8, 4) is 124 Å². The number of para-hydroxylation sites is 2. The molecule has 0 spiro atoms. The van der Waals surface area contributed by atoms with Gasteiger partial charge in [-0.1, -0.05) is 259 Å². The summed E-state index contributed by atoms with van der Waals surface area (Å²) in [6, 6.07) is 108. The van der Waals surface area contributed by atoms with Crippen molar-refractivity contribution in [3.63, 3.8) is 0 Å². The molecule has 4 aromatic heterocycles. The number of benzene rings is 13. The monoisotopic (exact) mass is 1230 g/mol. The van der Waals surface area contributed by atoms with Crippen LogP contribution in [0.15, 0.2) is 303 Å². The van der Waals surface area contributed by atoms with Crippen LogP contribution in [0.5, 0.6) is 0 Å². The normalized spacial score (nSPS) is 11.5. The molecule has 0 aliphatic rings. The number of aryl methyl sites for hydroxylation is 4. The minimum atomic E-state index is 0.569. The molecule has 8 nitrogen and oxygen atoms in total. The van der Waals surface area contributed by atoms with Gasteiger partial charge >= 0.3 is 0 Å². The third kappa shape index (κ3) is 10.6. The molecule has 0 saturated carbocycles. The van der Waals surface area contributed by atoms with E-state index in [4.69, 9.17) is 29.9 Å². The van der Waals surface area contributed by atoms with E-state index in [1.54, 1.807) is 0 Å². The van der Waals surface area contributed by atoms with Crippen LogP contribution in [-0.2, 0) is 0 Å². The fraction of sp³-hybridized carbons (Fsp3) is 0.0455. The lowest BCUT2D eigenvalue weighted by molar-refractivity contribution is 1.06. The Balaban J connectivity index is 0.875. The Bertz CT molecular complexity index is 5360. The van der Waals surface area contributed by atoms with E-state index in [0.29, 0.717) is 34.9 Å². The van der Waals surface area contributed by atoms with E-state index in [-0.39, 0.29) is 0 Å². The van der Waals surface area contributed by atoms with Gasteiger partial charge in [-0.3, -0.25) is 0 Å². The van der Waals surface area contributed by atoms with Crippen molar-refractivity contribution in [2.75, 3.05) is 0 Å². The average molecular weight is 1230 g/mol. The summed E-state index contributed by atoms with van der Waals surface area (Å²) in [5.41, 5.74) is 25.3. The summed E-state index contributed by atoms with van der Waals surface area (Å²) in [6.07, 6.45) is 0. The number of aromatic nitrogens is 8. The maximum Gasteiger partial charge on any atom is 0.166 e. The van der Waals surface area contributed by atoms with Crippen LogP contribution in [0.2, 0.25) is 0 Å². The average Bonchev–Trinajstić information content (AvgIpc) is 1.56. The van der Waals surface area contributed by atoms with Gasteiger partial charge in [0.15, 0.2) is 34.9 Å². The lowest BCUT2D eigenvalue weighted by Gasteiger charge is -2.18. The van der Waals surface area contributed by atoms with Crippen LogP contribution < -0.4 is 0 Å². The first-order chi connectivity index (χ1) is 47.2. The Morgan fingerprint density at radius 1 is 0.188 bits per heavy atom. The number of hydrogen-bond acceptors (Lipinski definition) is 6. The Kier molecular flexibility index (Phi) is 14.3. The second-order valence-corrected chi connectivity index (χ2v) is 25.0. The molecule has 0 atom stereocenters. The quantitative estimate of drug-likeness (QED) is 0.121. The highest BCUT2D eigenvalue weighted by molar-refractivity contribution is 6.12. The van der Waals surface area contributed by atoms with Gasteiger partial charge in [0.05, 0.1) is 33.4 Å². The summed E-state index contributed by atoms with van der Waals surface area (Å²) in [7, 11) is 0. The molecule has 96 heavy (non-hydrogen) atoms. The van der Waals surface area contributed by atoms with E-state index in [9.17, 15) is 0 Å². The molecule has 4 heterocycles. The predicted molar refractivity (Wildman–Crippen MR) is 395 cm³/mol. The third-order valence-corrected chi connectivity index (χ3v) is 18.3. The molecule has 17 rings (SSSR count). The SMILES string of the molecule is Cc1cc(C)cc(-c2ccc3c(c2)c2ccccc2n3-c2cc(-c3cccc(-c4ccc(-c5nc(-c6ccccc6)nc(-c6ccccc6)n5)c(-n5c6ccccc6c6cc(-c7cc(C)cc(C)c7)ccc65)c4)c3)ccc2-c2nc(-c3ccccc3)nc(-c3ccccc3)n2)c1. The van der Waals surface area contributed by atoms with Crippen LogP contribution in [0.1, 0.15) is 22.3 Å². The second-order valence-electron chi connectivity index (χ2n) is 25.0. The first kappa shape index (κ1) is 57.4. The van der Waals surface area contributed by atoms with Crippen molar-refractivity contribution in [1.29, 1.82) is 0 Å². The molecule has 0 radical (unpaired) electrons. The van der Waals surface area contributed by atoms with Crippen molar-refractivity contribution in [2.24, 2.45) is 0 Å². The highest BCUT2D eigenvalue weighted by Crippen LogP contribution is 2.44. The van der Waals surface area contributed by atoms with Gasteiger partial charge in [0.25, 0.3) is 0 Å². The first-order valence-corrected chi connectivity index (χ1v) is 32.6. The molecule has 0 bridgehead atoms. The van der Waals surface area contributed by atoms with E-state index in [0.717, 1.165) is 111 Å². The van der Waals surface area contributed by atoms with Gasteiger partial charge < -0.3 is 9.13 Å². The van der Waals surface area contributed by atoms with Crippen LogP contribution in [0.3, 0.4) is 0 Å². The molecule has 17 aromatic rings. The van der Waals surface area contributed by atoms with Crippen molar-refractivity contribution in [1.82, 2.24) is 39.0 Å². The molecular weight excluding hydrogens is 1170 g/mol. The fourth-order valence-corrected chi connectivity index (χ4v) is 14.0. The van der Waals surface area contributed by atoms with Crippen molar-refractivity contribution in [3.05, 3.63) is 326 Å². The molecule has 8 heteroatoms. The molecular formula is C88H62N8. The van der Waals surface area contributed by atoms with Gasteiger partial charge in [-0.2, -0.15) is 0 Å². The third-order valence-electron chi connectivity index (χ3n) is 18.3. The number of hydrogen-bond donors (Lipinski definition) is 0. The maximum absolute atomic E-state index is 5.37. The molecule has 0 aliphatic heterocycles. The van der Waals surface area contributed by atoms with E-state index < -0.39 is 0 Å². The molecule has 0 amide bonds. The zero-order chi connectivity index (χ0) is 64.4. The highest BCUT2D eigenvalue weighted by atomic mass is 15.1. The van der Waals surface area contributed by atoms with Gasteiger partial charge in [0.1, 0.15) is 0 Å². The molecule has 13 aromatic carbocycles. The molecule has 0 saturated heterocycles. The fourth-order valence-electron chi connectivity index (χ4n) is 14.0. The second kappa shape index (κ2) is 23.9. The zero-order valence-corrected chi connectivity index (χ0v) is 53.4. The largest absolute Gasteiger partial charge is 0.308 e. The van der Waals surface area contributed by atoms with E-state index in [1.807, 2.05) is 72.8 Å². The number of rotatable bonds is 12. The van der Waals surface area contributed by atoms with Crippen LogP contribution in [0.4, 0.5) is 0 Å². The Morgan fingerprint density at radius 3 is 0.833 bits per heavy atom. The minimum absolute atomic E-state index is 0.569. The van der Waals surface area contributed by atoms with Gasteiger partial charge in [0, 0.05) is 54.9 Å². The molecule has 0 unspecified atom stereocenters. The van der Waals surface area contributed by atoms with Gasteiger partial charge in [0.2, 0.25) is 0 Å². The van der Waals surface area contributed by atoms with E-state index in [1.165, 1.54) is 44.5 Å². The summed E-state index contributed by atoms with van der Waals surface area (Å²) < 4.78 is 4.81. The van der Waals surface area contributed by atoms with Gasteiger partial charge in [-0.05, 0) is 139 Å². The summed E-state index contributed by atoms with van der Waals surface area (Å²) in [6.45, 7) is 8.68. The van der Waals surface area contributed by atoms with E-state index in [2.05, 4.69) is 267 Å².